The first kappa shape index (κ1) is 14.0. The third kappa shape index (κ3) is 2.89. The summed E-state index contributed by atoms with van der Waals surface area (Å²) >= 11 is 6.32. The molecule has 0 spiro atoms. The number of aliphatic hydroxyl groups excluding tert-OH is 1. The number of ether oxygens (including phenoxy) is 2. The summed E-state index contributed by atoms with van der Waals surface area (Å²) in [4.78, 5) is 0. The Hall–Kier alpha value is -0.930. The molecule has 1 N–H and O–H groups in total. The van der Waals surface area contributed by atoms with Crippen LogP contribution in [0, 0.1) is 5.92 Å². The lowest BCUT2D eigenvalue weighted by atomic mass is 9.89. The summed E-state index contributed by atoms with van der Waals surface area (Å²) in [5.74, 6) is 1.68. The van der Waals surface area contributed by atoms with E-state index in [9.17, 15) is 5.11 Å². The summed E-state index contributed by atoms with van der Waals surface area (Å²) < 4.78 is 11.1. The largest absolute Gasteiger partial charge is 0.486 e. The minimum atomic E-state index is -0.503. The van der Waals surface area contributed by atoms with E-state index in [2.05, 4.69) is 0 Å². The van der Waals surface area contributed by atoms with Crippen LogP contribution in [-0.4, -0.2) is 18.3 Å². The number of hydrogen-bond acceptors (Lipinski definition) is 3. The Morgan fingerprint density at radius 1 is 1.00 bits per heavy atom. The molecule has 2 aliphatic rings. The van der Waals surface area contributed by atoms with Gasteiger partial charge < -0.3 is 14.6 Å². The number of aliphatic hydroxyl groups is 1. The van der Waals surface area contributed by atoms with Crippen molar-refractivity contribution in [2.24, 2.45) is 5.92 Å². The number of benzene rings is 1. The zero-order valence-electron chi connectivity index (χ0n) is 11.6. The highest BCUT2D eigenvalue weighted by Gasteiger charge is 2.26. The molecule has 1 aromatic carbocycles. The molecule has 3 rings (SSSR count). The first-order valence-corrected chi connectivity index (χ1v) is 7.90. The van der Waals surface area contributed by atoms with Gasteiger partial charge in [-0.2, -0.15) is 0 Å². The number of hydrogen-bond donors (Lipinski definition) is 1. The second-order valence-corrected chi connectivity index (χ2v) is 6.12. The third-order valence-corrected chi connectivity index (χ3v) is 4.65. The summed E-state index contributed by atoms with van der Waals surface area (Å²) in [5, 5.41) is 11.2. The predicted octanol–water partition coefficient (Wildman–Crippen LogP) is 4.12. The minimum Gasteiger partial charge on any atom is -0.486 e. The molecule has 1 aromatic rings. The number of halogens is 1. The normalized spacial score (nSPS) is 21.3. The van der Waals surface area contributed by atoms with Gasteiger partial charge in [0.05, 0.1) is 11.1 Å². The maximum Gasteiger partial charge on any atom is 0.162 e. The first-order valence-electron chi connectivity index (χ1n) is 7.53. The monoisotopic (exact) mass is 296 g/mol. The van der Waals surface area contributed by atoms with Crippen molar-refractivity contribution in [3.63, 3.8) is 0 Å². The van der Waals surface area contributed by atoms with Gasteiger partial charge in [0.25, 0.3) is 0 Å². The van der Waals surface area contributed by atoms with Crippen LogP contribution < -0.4 is 9.47 Å². The van der Waals surface area contributed by atoms with Gasteiger partial charge in [-0.05, 0) is 24.8 Å². The average Bonchev–Trinajstić information content (AvgIpc) is 2.75. The average molecular weight is 297 g/mol. The summed E-state index contributed by atoms with van der Waals surface area (Å²) in [5.41, 5.74) is 0.780. The van der Waals surface area contributed by atoms with Crippen LogP contribution in [0.25, 0.3) is 0 Å². The molecule has 3 nitrogen and oxygen atoms in total. The minimum absolute atomic E-state index is 0.303. The molecule has 1 aliphatic carbocycles. The molecular formula is C16H21ClO3. The Kier molecular flexibility index (Phi) is 4.37. The second kappa shape index (κ2) is 6.23. The van der Waals surface area contributed by atoms with Crippen LogP contribution in [0.15, 0.2) is 12.1 Å². The van der Waals surface area contributed by atoms with Gasteiger partial charge in [-0.1, -0.05) is 37.3 Å². The van der Waals surface area contributed by atoms with E-state index in [1.165, 1.54) is 25.7 Å². The van der Waals surface area contributed by atoms with Gasteiger partial charge in [0.1, 0.15) is 13.2 Å². The number of rotatable bonds is 2. The molecule has 1 aliphatic heterocycles. The van der Waals surface area contributed by atoms with Crippen LogP contribution in [0.1, 0.15) is 50.2 Å². The molecule has 0 aromatic heterocycles. The Morgan fingerprint density at radius 3 is 2.25 bits per heavy atom. The molecule has 1 heterocycles. The maximum absolute atomic E-state index is 10.7. The van der Waals surface area contributed by atoms with E-state index in [1.54, 1.807) is 6.07 Å². The maximum atomic E-state index is 10.7. The van der Waals surface area contributed by atoms with Crippen molar-refractivity contribution in [2.75, 3.05) is 13.2 Å². The molecule has 0 bridgehead atoms. The van der Waals surface area contributed by atoms with Gasteiger partial charge in [-0.3, -0.25) is 0 Å². The van der Waals surface area contributed by atoms with Crippen molar-refractivity contribution in [3.8, 4) is 11.5 Å². The van der Waals surface area contributed by atoms with Gasteiger partial charge >= 0.3 is 0 Å². The number of fused-ring (bicyclic) bond motifs is 1. The van der Waals surface area contributed by atoms with Crippen molar-refractivity contribution in [1.29, 1.82) is 0 Å². The highest BCUT2D eigenvalue weighted by molar-refractivity contribution is 6.31. The Balaban J connectivity index is 1.84. The van der Waals surface area contributed by atoms with E-state index in [4.69, 9.17) is 21.1 Å². The molecule has 1 saturated carbocycles. The zero-order valence-corrected chi connectivity index (χ0v) is 12.4. The SMILES string of the molecule is OC(c1cc2c(cc1Cl)OCCO2)C1CCCCCC1. The fraction of sp³-hybridized carbons (Fsp3) is 0.625. The fourth-order valence-electron chi connectivity index (χ4n) is 3.19. The highest BCUT2D eigenvalue weighted by atomic mass is 35.5. The molecule has 0 amide bonds. The summed E-state index contributed by atoms with van der Waals surface area (Å²) in [7, 11) is 0. The van der Waals surface area contributed by atoms with Gasteiger partial charge in [-0.25, -0.2) is 0 Å². The molecule has 1 unspecified atom stereocenters. The molecule has 4 heteroatoms. The summed E-state index contributed by atoms with van der Waals surface area (Å²) in [6, 6.07) is 3.62. The standard InChI is InChI=1S/C16H21ClO3/c17-13-10-15-14(19-7-8-20-15)9-12(13)16(18)11-5-3-1-2-4-6-11/h9-11,16,18H,1-8H2. The Labute approximate surface area is 124 Å². The van der Waals surface area contributed by atoms with Crippen LogP contribution in [0.2, 0.25) is 5.02 Å². The van der Waals surface area contributed by atoms with Crippen molar-refractivity contribution in [2.45, 2.75) is 44.6 Å². The molecule has 0 radical (unpaired) electrons. The molecule has 0 saturated heterocycles. The Bertz CT molecular complexity index is 467. The molecule has 110 valence electrons. The third-order valence-electron chi connectivity index (χ3n) is 4.33. The lowest BCUT2D eigenvalue weighted by Gasteiger charge is -2.25. The van der Waals surface area contributed by atoms with Gasteiger partial charge in [0.15, 0.2) is 11.5 Å². The lowest BCUT2D eigenvalue weighted by Crippen LogP contribution is -2.17. The fourth-order valence-corrected chi connectivity index (χ4v) is 3.45. The zero-order chi connectivity index (χ0) is 13.9. The predicted molar refractivity (Wildman–Crippen MR) is 78.6 cm³/mol. The Morgan fingerprint density at radius 2 is 1.60 bits per heavy atom. The second-order valence-electron chi connectivity index (χ2n) is 5.71. The summed E-state index contributed by atoms with van der Waals surface area (Å²) in [6.07, 6.45) is 6.60. The van der Waals surface area contributed by atoms with E-state index >= 15 is 0 Å². The van der Waals surface area contributed by atoms with Crippen LogP contribution in [0.4, 0.5) is 0 Å². The molecule has 20 heavy (non-hydrogen) atoms. The molecule has 1 atom stereocenters. The first-order chi connectivity index (χ1) is 9.75. The van der Waals surface area contributed by atoms with E-state index in [0.717, 1.165) is 18.4 Å². The van der Waals surface area contributed by atoms with Gasteiger partial charge in [0.2, 0.25) is 0 Å². The summed E-state index contributed by atoms with van der Waals surface area (Å²) in [6.45, 7) is 1.10. The van der Waals surface area contributed by atoms with Gasteiger partial charge in [0, 0.05) is 11.6 Å². The highest BCUT2D eigenvalue weighted by Crippen LogP contribution is 2.41. The van der Waals surface area contributed by atoms with Gasteiger partial charge in [-0.15, -0.1) is 0 Å². The van der Waals surface area contributed by atoms with Crippen LogP contribution in [0.3, 0.4) is 0 Å². The van der Waals surface area contributed by atoms with Crippen molar-refractivity contribution < 1.29 is 14.6 Å². The topological polar surface area (TPSA) is 38.7 Å². The van der Waals surface area contributed by atoms with Crippen LogP contribution >= 0.6 is 11.6 Å². The van der Waals surface area contributed by atoms with Crippen molar-refractivity contribution in [1.82, 2.24) is 0 Å². The van der Waals surface area contributed by atoms with Crippen molar-refractivity contribution >= 4 is 11.6 Å². The van der Waals surface area contributed by atoms with Crippen molar-refractivity contribution in [3.05, 3.63) is 22.7 Å². The van der Waals surface area contributed by atoms with E-state index in [1.807, 2.05) is 6.07 Å². The quantitative estimate of drug-likeness (QED) is 0.835. The van der Waals surface area contributed by atoms with E-state index in [0.29, 0.717) is 35.7 Å². The lowest BCUT2D eigenvalue weighted by molar-refractivity contribution is 0.0978. The molecule has 1 fully saturated rings. The van der Waals surface area contributed by atoms with E-state index in [-0.39, 0.29) is 0 Å². The van der Waals surface area contributed by atoms with Crippen LogP contribution in [0.5, 0.6) is 11.5 Å². The van der Waals surface area contributed by atoms with E-state index < -0.39 is 6.10 Å². The molecular weight excluding hydrogens is 276 g/mol. The smallest absolute Gasteiger partial charge is 0.162 e. The van der Waals surface area contributed by atoms with Crippen LogP contribution in [-0.2, 0) is 0 Å².